The number of anilines is 2. The van der Waals surface area contributed by atoms with Gasteiger partial charge in [0.1, 0.15) is 11.4 Å². The summed E-state index contributed by atoms with van der Waals surface area (Å²) in [5, 5.41) is 13.3. The van der Waals surface area contributed by atoms with Crippen LogP contribution in [0, 0.1) is 0 Å². The number of aromatic nitrogens is 2. The van der Waals surface area contributed by atoms with Gasteiger partial charge in [0.15, 0.2) is 5.13 Å². The summed E-state index contributed by atoms with van der Waals surface area (Å²) >= 11 is 10.5. The Balaban J connectivity index is 2.00. The molecular formula is C13H7BrClN3O2S. The highest BCUT2D eigenvalue weighted by Crippen LogP contribution is 2.31. The number of carboxylic acid groups (broad SMARTS) is 1. The van der Waals surface area contributed by atoms with Gasteiger partial charge in [0.2, 0.25) is 0 Å². The fourth-order valence-electron chi connectivity index (χ4n) is 1.76. The standard InChI is InChI=1S/C13H7BrClN3O2S/c14-6-3-8(12(19)20)11(16-5-6)18-13-17-9-2-1-7(15)4-10(9)21-13/h1-5H,(H,19,20)(H,16,17,18). The highest BCUT2D eigenvalue weighted by Gasteiger charge is 2.14. The monoisotopic (exact) mass is 383 g/mol. The Hall–Kier alpha value is -1.70. The Labute approximate surface area is 136 Å². The third-order valence-electron chi connectivity index (χ3n) is 2.66. The molecule has 1 aromatic carbocycles. The Morgan fingerprint density at radius 3 is 2.95 bits per heavy atom. The second-order valence-corrected chi connectivity index (χ2v) is 6.49. The van der Waals surface area contributed by atoms with Crippen LogP contribution in [0.2, 0.25) is 5.02 Å². The van der Waals surface area contributed by atoms with Gasteiger partial charge < -0.3 is 10.4 Å². The molecular weight excluding hydrogens is 378 g/mol. The lowest BCUT2D eigenvalue weighted by Crippen LogP contribution is -2.04. The molecule has 2 aromatic heterocycles. The molecule has 0 amide bonds. The molecule has 0 atom stereocenters. The molecule has 0 spiro atoms. The van der Waals surface area contributed by atoms with Crippen molar-refractivity contribution in [2.24, 2.45) is 0 Å². The Morgan fingerprint density at radius 2 is 2.19 bits per heavy atom. The van der Waals surface area contributed by atoms with E-state index in [1.54, 1.807) is 6.07 Å². The first-order valence-corrected chi connectivity index (χ1v) is 7.73. The summed E-state index contributed by atoms with van der Waals surface area (Å²) in [4.78, 5) is 19.7. The molecule has 0 bridgehead atoms. The average Bonchev–Trinajstić information content (AvgIpc) is 2.82. The van der Waals surface area contributed by atoms with Crippen LogP contribution in [0.1, 0.15) is 10.4 Å². The van der Waals surface area contributed by atoms with E-state index in [4.69, 9.17) is 11.6 Å². The van der Waals surface area contributed by atoms with E-state index < -0.39 is 5.97 Å². The number of hydrogen-bond acceptors (Lipinski definition) is 5. The van der Waals surface area contributed by atoms with Crippen molar-refractivity contribution in [2.45, 2.75) is 0 Å². The Kier molecular flexibility index (Phi) is 3.79. The number of carbonyl (C=O) groups is 1. The zero-order chi connectivity index (χ0) is 15.0. The van der Waals surface area contributed by atoms with E-state index in [2.05, 4.69) is 31.2 Å². The highest BCUT2D eigenvalue weighted by molar-refractivity contribution is 9.10. The number of nitrogens with zero attached hydrogens (tertiary/aromatic N) is 2. The van der Waals surface area contributed by atoms with Crippen molar-refractivity contribution in [1.82, 2.24) is 9.97 Å². The molecule has 106 valence electrons. The number of pyridine rings is 1. The molecule has 0 aliphatic carbocycles. The summed E-state index contributed by atoms with van der Waals surface area (Å²) in [5.41, 5.74) is 0.863. The van der Waals surface area contributed by atoms with Crippen molar-refractivity contribution in [3.63, 3.8) is 0 Å². The minimum absolute atomic E-state index is 0.0710. The average molecular weight is 385 g/mol. The number of fused-ring (bicyclic) bond motifs is 1. The summed E-state index contributed by atoms with van der Waals surface area (Å²) in [6.45, 7) is 0. The lowest BCUT2D eigenvalue weighted by Gasteiger charge is -2.05. The van der Waals surface area contributed by atoms with Crippen molar-refractivity contribution in [2.75, 3.05) is 5.32 Å². The summed E-state index contributed by atoms with van der Waals surface area (Å²) < 4.78 is 1.51. The van der Waals surface area contributed by atoms with Gasteiger partial charge in [-0.15, -0.1) is 0 Å². The van der Waals surface area contributed by atoms with Crippen molar-refractivity contribution in [3.05, 3.63) is 45.5 Å². The van der Waals surface area contributed by atoms with Gasteiger partial charge in [-0.1, -0.05) is 22.9 Å². The van der Waals surface area contributed by atoms with Gasteiger partial charge in [-0.3, -0.25) is 0 Å². The number of benzene rings is 1. The number of aromatic carboxylic acids is 1. The smallest absolute Gasteiger partial charge is 0.339 e. The zero-order valence-electron chi connectivity index (χ0n) is 10.3. The SMILES string of the molecule is O=C(O)c1cc(Br)cnc1Nc1nc2ccc(Cl)cc2s1. The van der Waals surface area contributed by atoms with E-state index in [1.165, 1.54) is 23.6 Å². The van der Waals surface area contributed by atoms with Gasteiger partial charge in [0, 0.05) is 15.7 Å². The highest BCUT2D eigenvalue weighted by atomic mass is 79.9. The van der Waals surface area contributed by atoms with Crippen LogP contribution < -0.4 is 5.32 Å². The van der Waals surface area contributed by atoms with Crippen LogP contribution in [-0.2, 0) is 0 Å². The van der Waals surface area contributed by atoms with Crippen molar-refractivity contribution in [1.29, 1.82) is 0 Å². The molecule has 0 saturated heterocycles. The first-order chi connectivity index (χ1) is 10.0. The maximum absolute atomic E-state index is 11.2. The second-order valence-electron chi connectivity index (χ2n) is 4.11. The van der Waals surface area contributed by atoms with Crippen LogP contribution in [0.3, 0.4) is 0 Å². The molecule has 0 unspecified atom stereocenters. The van der Waals surface area contributed by atoms with Crippen LogP contribution >= 0.6 is 38.9 Å². The van der Waals surface area contributed by atoms with E-state index in [-0.39, 0.29) is 11.4 Å². The minimum atomic E-state index is -1.06. The Bertz CT molecular complexity index is 853. The van der Waals surface area contributed by atoms with E-state index in [1.807, 2.05) is 12.1 Å². The predicted octanol–water partition coefficient (Wildman–Crippen LogP) is 4.55. The number of thiazole rings is 1. The van der Waals surface area contributed by atoms with Gasteiger partial charge in [0.25, 0.3) is 0 Å². The number of nitrogens with one attached hydrogen (secondary N) is 1. The summed E-state index contributed by atoms with van der Waals surface area (Å²) in [6, 6.07) is 6.87. The van der Waals surface area contributed by atoms with Gasteiger partial charge in [-0.2, -0.15) is 0 Å². The molecule has 0 saturated carbocycles. The quantitative estimate of drug-likeness (QED) is 0.693. The van der Waals surface area contributed by atoms with Crippen molar-refractivity contribution < 1.29 is 9.90 Å². The molecule has 3 rings (SSSR count). The van der Waals surface area contributed by atoms with Crippen LogP contribution in [-0.4, -0.2) is 21.0 Å². The summed E-state index contributed by atoms with van der Waals surface area (Å²) in [6.07, 6.45) is 1.53. The first kappa shape index (κ1) is 14.2. The zero-order valence-corrected chi connectivity index (χ0v) is 13.5. The fraction of sp³-hybridized carbons (Fsp3) is 0. The molecule has 2 N–H and O–H groups in total. The third kappa shape index (κ3) is 2.99. The number of rotatable bonds is 3. The van der Waals surface area contributed by atoms with Gasteiger partial charge in [-0.25, -0.2) is 14.8 Å². The number of hydrogen-bond donors (Lipinski definition) is 2. The molecule has 0 radical (unpaired) electrons. The molecule has 0 aliphatic heterocycles. The summed E-state index contributed by atoms with van der Waals surface area (Å²) in [7, 11) is 0. The maximum atomic E-state index is 11.2. The number of carboxylic acids is 1. The van der Waals surface area contributed by atoms with E-state index in [0.29, 0.717) is 14.6 Å². The van der Waals surface area contributed by atoms with Crippen molar-refractivity contribution >= 4 is 66.0 Å². The third-order valence-corrected chi connectivity index (χ3v) is 4.26. The topological polar surface area (TPSA) is 75.1 Å². The minimum Gasteiger partial charge on any atom is -0.478 e. The van der Waals surface area contributed by atoms with E-state index in [9.17, 15) is 9.90 Å². The van der Waals surface area contributed by atoms with Crippen LogP contribution in [0.5, 0.6) is 0 Å². The van der Waals surface area contributed by atoms with Crippen LogP contribution in [0.4, 0.5) is 10.9 Å². The second kappa shape index (κ2) is 5.59. The lowest BCUT2D eigenvalue weighted by molar-refractivity contribution is 0.0697. The molecule has 21 heavy (non-hydrogen) atoms. The largest absolute Gasteiger partial charge is 0.478 e. The molecule has 8 heteroatoms. The lowest BCUT2D eigenvalue weighted by atomic mass is 10.2. The predicted molar refractivity (Wildman–Crippen MR) is 86.8 cm³/mol. The molecule has 0 fully saturated rings. The normalized spacial score (nSPS) is 10.8. The first-order valence-electron chi connectivity index (χ1n) is 5.75. The maximum Gasteiger partial charge on any atom is 0.339 e. The fourth-order valence-corrected chi connectivity index (χ4v) is 3.23. The molecule has 5 nitrogen and oxygen atoms in total. The van der Waals surface area contributed by atoms with E-state index in [0.717, 1.165) is 10.2 Å². The van der Waals surface area contributed by atoms with Crippen molar-refractivity contribution in [3.8, 4) is 0 Å². The molecule has 3 aromatic rings. The molecule has 0 aliphatic rings. The van der Waals surface area contributed by atoms with Gasteiger partial charge >= 0.3 is 5.97 Å². The van der Waals surface area contributed by atoms with Crippen LogP contribution in [0.15, 0.2) is 34.9 Å². The molecule has 2 heterocycles. The Morgan fingerprint density at radius 1 is 1.38 bits per heavy atom. The van der Waals surface area contributed by atoms with E-state index >= 15 is 0 Å². The van der Waals surface area contributed by atoms with Crippen LogP contribution in [0.25, 0.3) is 10.2 Å². The van der Waals surface area contributed by atoms with Gasteiger partial charge in [-0.05, 0) is 40.2 Å². The summed E-state index contributed by atoms with van der Waals surface area (Å²) in [5.74, 6) is -0.814. The number of halogens is 2. The van der Waals surface area contributed by atoms with Gasteiger partial charge in [0.05, 0.1) is 10.2 Å².